The summed E-state index contributed by atoms with van der Waals surface area (Å²) in [6, 6.07) is 0. The van der Waals surface area contributed by atoms with Gasteiger partial charge in [-0.25, -0.2) is 4.98 Å². The third-order valence-corrected chi connectivity index (χ3v) is 4.41. The van der Waals surface area contributed by atoms with E-state index in [4.69, 9.17) is 4.74 Å². The number of H-pyrrole nitrogens is 1. The Labute approximate surface area is 122 Å². The molecule has 0 bridgehead atoms. The molecule has 1 fully saturated rings. The Balaban J connectivity index is 1.62. The van der Waals surface area contributed by atoms with Gasteiger partial charge in [-0.1, -0.05) is 6.08 Å². The van der Waals surface area contributed by atoms with Gasteiger partial charge in [-0.15, -0.1) is 0 Å². The van der Waals surface area contributed by atoms with Gasteiger partial charge in [0.2, 0.25) is 0 Å². The second-order valence-electron chi connectivity index (χ2n) is 5.49. The maximum atomic E-state index is 6.12. The molecule has 4 nitrogen and oxygen atoms in total. The van der Waals surface area contributed by atoms with Gasteiger partial charge in [-0.05, 0) is 38.8 Å². The van der Waals surface area contributed by atoms with Crippen LogP contribution >= 0.6 is 0 Å². The summed E-state index contributed by atoms with van der Waals surface area (Å²) in [6.45, 7) is 2.25. The number of aromatic nitrogens is 2. The molecule has 0 aromatic carbocycles. The average molecular weight is 273 g/mol. The van der Waals surface area contributed by atoms with Crippen molar-refractivity contribution in [3.8, 4) is 0 Å². The van der Waals surface area contributed by atoms with Crippen LogP contribution in [0.15, 0.2) is 6.08 Å². The van der Waals surface area contributed by atoms with Crippen molar-refractivity contribution in [2.24, 2.45) is 0 Å². The van der Waals surface area contributed by atoms with Gasteiger partial charge in [0.15, 0.2) is 16.3 Å². The topological polar surface area (TPSA) is 41.1 Å². The minimum absolute atomic E-state index is 0.0209. The van der Waals surface area contributed by atoms with Gasteiger partial charge in [-0.2, -0.15) is 0 Å². The molecule has 100 valence electrons. The Morgan fingerprint density at radius 3 is 3.00 bits per heavy atom. The number of aryl methyl sites for hydroxylation is 1. The molecule has 1 saturated heterocycles. The van der Waals surface area contributed by atoms with E-state index < -0.39 is 0 Å². The van der Waals surface area contributed by atoms with E-state index >= 15 is 0 Å². The molecule has 2 heterocycles. The predicted octanol–water partition coefficient (Wildman–Crippen LogP) is 1.65. The lowest BCUT2D eigenvalue weighted by Gasteiger charge is -2.31. The third-order valence-electron chi connectivity index (χ3n) is 3.94. The molecule has 1 aliphatic carbocycles. The van der Waals surface area contributed by atoms with Gasteiger partial charge >= 0.3 is 0 Å². The van der Waals surface area contributed by atoms with Crippen molar-refractivity contribution in [2.45, 2.75) is 36.8 Å². The van der Waals surface area contributed by atoms with E-state index in [9.17, 15) is 0 Å². The zero-order valence-electron chi connectivity index (χ0n) is 11.4. The van der Waals surface area contributed by atoms with Crippen molar-refractivity contribution < 1.29 is 4.74 Å². The second kappa shape index (κ2) is 5.80. The van der Waals surface area contributed by atoms with Crippen LogP contribution in [-0.2, 0) is 11.2 Å². The molecule has 1 unspecified atom stereocenters. The molecule has 19 heavy (non-hydrogen) atoms. The molecule has 1 aromatic rings. The van der Waals surface area contributed by atoms with Crippen molar-refractivity contribution in [2.75, 3.05) is 20.1 Å². The van der Waals surface area contributed by atoms with Crippen LogP contribution in [0.25, 0.3) is 6.08 Å². The Kier molecular flexibility index (Phi) is 4.09. The summed E-state index contributed by atoms with van der Waals surface area (Å²) in [7, 11) is 2.17. The number of allylic oxidation sites excluding steroid dienone is 1. The van der Waals surface area contributed by atoms with E-state index in [1.165, 1.54) is 5.69 Å². The lowest BCUT2D eigenvalue weighted by atomic mass is 10.1. The first-order valence-corrected chi connectivity index (χ1v) is 7.74. The molecule has 1 aromatic heterocycles. The van der Waals surface area contributed by atoms with E-state index in [1.54, 1.807) is 0 Å². The molecule has 1 aliphatic heterocycles. The van der Waals surface area contributed by atoms with Crippen LogP contribution < -0.4 is 0 Å². The average Bonchev–Trinajstić information content (AvgIpc) is 2.85. The van der Waals surface area contributed by atoms with E-state index in [-0.39, 0.29) is 4.97 Å². The first kappa shape index (κ1) is 13.4. The fraction of sp³-hybridized carbons (Fsp3) is 0.643. The summed E-state index contributed by atoms with van der Waals surface area (Å²) < 4.78 is 6.12. The van der Waals surface area contributed by atoms with Gasteiger partial charge in [-0.3, -0.25) is 0 Å². The van der Waals surface area contributed by atoms with Gasteiger partial charge in [0, 0.05) is 23.7 Å². The second-order valence-corrected chi connectivity index (χ2v) is 6.09. The molecule has 2 radical (unpaired) electrons. The number of nitrogens with zero attached hydrogens (tertiary/aromatic N) is 2. The lowest BCUT2D eigenvalue weighted by molar-refractivity contribution is -0.00896. The SMILES string of the molecule is CN1CCC(O[CH]([Al])c2nc3c([nH]2)CCC=C3)CC1. The van der Waals surface area contributed by atoms with Crippen molar-refractivity contribution in [1.29, 1.82) is 0 Å². The van der Waals surface area contributed by atoms with Crippen molar-refractivity contribution in [3.63, 3.8) is 0 Å². The fourth-order valence-electron chi connectivity index (χ4n) is 2.72. The van der Waals surface area contributed by atoms with E-state index in [2.05, 4.69) is 50.4 Å². The molecule has 0 spiro atoms. The number of ether oxygens (including phenoxy) is 1. The van der Waals surface area contributed by atoms with Crippen LogP contribution in [0.2, 0.25) is 0 Å². The Hall–Kier alpha value is -0.598. The van der Waals surface area contributed by atoms with Crippen molar-refractivity contribution >= 4 is 22.4 Å². The standard InChI is InChI=1S/C14H20N3O.Al/c1-17-8-6-11(7-9-17)18-10-14-15-12-4-2-3-5-13(12)16-14;/h2,4,10-11H,3,5-9H2,1H3,(H,15,16);. The normalized spacial score (nSPS) is 22.4. The predicted molar refractivity (Wildman–Crippen MR) is 76.0 cm³/mol. The highest BCUT2D eigenvalue weighted by molar-refractivity contribution is 6.11. The maximum absolute atomic E-state index is 6.12. The monoisotopic (exact) mass is 273 g/mol. The van der Waals surface area contributed by atoms with Crippen LogP contribution in [0.4, 0.5) is 0 Å². The highest BCUT2D eigenvalue weighted by Gasteiger charge is 2.21. The first-order valence-electron chi connectivity index (χ1n) is 7.07. The Morgan fingerprint density at radius 2 is 2.26 bits per heavy atom. The largest absolute Gasteiger partial charge is 0.385 e. The quantitative estimate of drug-likeness (QED) is 0.851. The zero-order valence-corrected chi connectivity index (χ0v) is 12.6. The number of likely N-dealkylation sites (tertiary alicyclic amines) is 1. The number of imidazole rings is 1. The summed E-state index contributed by atoms with van der Waals surface area (Å²) >= 11 is 2.77. The lowest BCUT2D eigenvalue weighted by Crippen LogP contribution is -2.35. The van der Waals surface area contributed by atoms with Crippen LogP contribution in [0.5, 0.6) is 0 Å². The van der Waals surface area contributed by atoms with Crippen LogP contribution in [0.3, 0.4) is 0 Å². The zero-order chi connectivity index (χ0) is 13.2. The highest BCUT2D eigenvalue weighted by Crippen LogP contribution is 2.23. The molecule has 0 saturated carbocycles. The minimum Gasteiger partial charge on any atom is -0.385 e. The van der Waals surface area contributed by atoms with Gasteiger partial charge < -0.3 is 14.6 Å². The summed E-state index contributed by atoms with van der Waals surface area (Å²) in [5.74, 6) is 0.945. The van der Waals surface area contributed by atoms with E-state index in [1.807, 2.05) is 0 Å². The number of nitrogens with one attached hydrogen (secondary N) is 1. The van der Waals surface area contributed by atoms with Crippen molar-refractivity contribution in [3.05, 3.63) is 23.3 Å². The van der Waals surface area contributed by atoms with Gasteiger partial charge in [0.1, 0.15) is 5.82 Å². The molecule has 0 amide bonds. The number of hydrogen-bond acceptors (Lipinski definition) is 3. The van der Waals surface area contributed by atoms with Crippen molar-refractivity contribution in [1.82, 2.24) is 14.9 Å². The Bertz CT molecular complexity index is 463. The molecule has 1 N–H and O–H groups in total. The number of fused-ring (bicyclic) bond motifs is 1. The molecule has 3 rings (SSSR count). The fourth-order valence-corrected chi connectivity index (χ4v) is 3.10. The first-order chi connectivity index (χ1) is 9.22. The van der Waals surface area contributed by atoms with E-state index in [0.29, 0.717) is 6.10 Å². The number of piperidine rings is 1. The van der Waals surface area contributed by atoms with Gasteiger partial charge in [0.25, 0.3) is 0 Å². The summed E-state index contributed by atoms with van der Waals surface area (Å²) in [4.78, 5) is 10.4. The van der Waals surface area contributed by atoms with Crippen LogP contribution in [0, 0.1) is 0 Å². The van der Waals surface area contributed by atoms with Gasteiger partial charge in [0.05, 0.1) is 11.8 Å². The summed E-state index contributed by atoms with van der Waals surface area (Å²) in [5, 5.41) is 0. The Morgan fingerprint density at radius 1 is 1.47 bits per heavy atom. The number of rotatable bonds is 3. The van der Waals surface area contributed by atoms with E-state index in [0.717, 1.165) is 50.3 Å². The van der Waals surface area contributed by atoms with Crippen LogP contribution in [-0.4, -0.2) is 57.4 Å². The molecular weight excluding hydrogens is 253 g/mol. The molecule has 1 atom stereocenters. The van der Waals surface area contributed by atoms with Crippen LogP contribution in [0.1, 0.15) is 41.4 Å². The smallest absolute Gasteiger partial charge is 0.184 e. The molecular formula is C14H20AlN3O. The summed E-state index contributed by atoms with van der Waals surface area (Å²) in [5.41, 5.74) is 2.33. The molecule has 2 aliphatic rings. The third kappa shape index (κ3) is 3.12. The maximum Gasteiger partial charge on any atom is 0.184 e. The number of hydrogen-bond donors (Lipinski definition) is 1. The minimum atomic E-state index is -0.0209. The molecule has 5 heteroatoms. The summed E-state index contributed by atoms with van der Waals surface area (Å²) in [6.07, 6.45) is 9.03. The number of aromatic amines is 1. The highest BCUT2D eigenvalue weighted by atomic mass is 27.0.